The van der Waals surface area contributed by atoms with E-state index >= 15 is 0 Å². The van der Waals surface area contributed by atoms with E-state index in [-0.39, 0.29) is 29.5 Å². The van der Waals surface area contributed by atoms with E-state index in [0.29, 0.717) is 6.54 Å². The van der Waals surface area contributed by atoms with Crippen molar-refractivity contribution >= 4 is 40.9 Å². The maximum Gasteiger partial charge on any atom is 0.191 e. The molecule has 0 spiro atoms. The standard InChI is InChI=1S/C19H28N4O2.HI/c1-19(2,23-8-10-24-11-9-23)14-22-18(20-3)21-13-16-12-15-6-4-5-7-17(15)25-16;/h4-7,12H,8-11,13-14H2,1-3H3,(H2,20,21,22);1H. The molecule has 1 saturated heterocycles. The first-order valence-electron chi connectivity index (χ1n) is 8.83. The number of benzene rings is 1. The van der Waals surface area contributed by atoms with Gasteiger partial charge in [0.05, 0.1) is 19.8 Å². The third-order valence-corrected chi connectivity index (χ3v) is 4.69. The number of nitrogens with one attached hydrogen (secondary N) is 2. The van der Waals surface area contributed by atoms with Crippen molar-refractivity contribution in [2.24, 2.45) is 4.99 Å². The number of guanidine groups is 1. The number of hydrogen-bond acceptors (Lipinski definition) is 4. The van der Waals surface area contributed by atoms with E-state index in [9.17, 15) is 0 Å². The summed E-state index contributed by atoms with van der Waals surface area (Å²) in [7, 11) is 1.79. The van der Waals surface area contributed by atoms with E-state index in [1.54, 1.807) is 7.05 Å². The van der Waals surface area contributed by atoms with E-state index in [1.165, 1.54) is 0 Å². The van der Waals surface area contributed by atoms with Crippen molar-refractivity contribution < 1.29 is 9.15 Å². The number of nitrogens with zero attached hydrogens (tertiary/aromatic N) is 2. The number of morpholine rings is 1. The van der Waals surface area contributed by atoms with Crippen LogP contribution in [0.5, 0.6) is 0 Å². The van der Waals surface area contributed by atoms with E-state index in [2.05, 4.69) is 46.5 Å². The number of ether oxygens (including phenoxy) is 1. The molecular weight excluding hydrogens is 443 g/mol. The van der Waals surface area contributed by atoms with Gasteiger partial charge in [0.25, 0.3) is 0 Å². The normalized spacial score (nSPS) is 16.3. The van der Waals surface area contributed by atoms with Crippen molar-refractivity contribution in [3.8, 4) is 0 Å². The Balaban J connectivity index is 0.00000243. The topological polar surface area (TPSA) is 62.0 Å². The fraction of sp³-hybridized carbons (Fsp3) is 0.526. The van der Waals surface area contributed by atoms with Gasteiger partial charge in [-0.05, 0) is 26.0 Å². The molecule has 1 aliphatic rings. The Labute approximate surface area is 172 Å². The highest BCUT2D eigenvalue weighted by Gasteiger charge is 2.28. The molecule has 0 radical (unpaired) electrons. The smallest absolute Gasteiger partial charge is 0.191 e. The van der Waals surface area contributed by atoms with Crippen LogP contribution in [0.4, 0.5) is 0 Å². The maximum absolute atomic E-state index is 5.84. The summed E-state index contributed by atoms with van der Waals surface area (Å²) in [5.41, 5.74) is 0.955. The molecule has 0 aliphatic carbocycles. The average molecular weight is 472 g/mol. The first-order chi connectivity index (χ1) is 12.1. The van der Waals surface area contributed by atoms with Crippen molar-refractivity contribution in [2.45, 2.75) is 25.9 Å². The molecule has 6 nitrogen and oxygen atoms in total. The highest BCUT2D eigenvalue weighted by atomic mass is 127. The second-order valence-electron chi connectivity index (χ2n) is 6.94. The van der Waals surface area contributed by atoms with Gasteiger partial charge in [0.1, 0.15) is 11.3 Å². The van der Waals surface area contributed by atoms with Crippen LogP contribution in [0.2, 0.25) is 0 Å². The van der Waals surface area contributed by atoms with Crippen molar-refractivity contribution in [3.63, 3.8) is 0 Å². The first kappa shape index (κ1) is 21.0. The Bertz CT molecular complexity index is 690. The van der Waals surface area contributed by atoms with Crippen LogP contribution in [0.3, 0.4) is 0 Å². The van der Waals surface area contributed by atoms with Gasteiger partial charge < -0.3 is 19.8 Å². The Morgan fingerprint density at radius 2 is 1.92 bits per heavy atom. The maximum atomic E-state index is 5.84. The highest BCUT2D eigenvalue weighted by molar-refractivity contribution is 14.0. The molecule has 0 saturated carbocycles. The van der Waals surface area contributed by atoms with Crippen molar-refractivity contribution in [3.05, 3.63) is 36.1 Å². The summed E-state index contributed by atoms with van der Waals surface area (Å²) in [6, 6.07) is 10.1. The third kappa shape index (κ3) is 5.34. The van der Waals surface area contributed by atoms with Crippen LogP contribution in [0.15, 0.2) is 39.7 Å². The fourth-order valence-electron chi connectivity index (χ4n) is 3.10. The zero-order chi connectivity index (χ0) is 17.7. The lowest BCUT2D eigenvalue weighted by Crippen LogP contribution is -2.56. The van der Waals surface area contributed by atoms with Crippen molar-refractivity contribution in [2.75, 3.05) is 39.9 Å². The minimum absolute atomic E-state index is 0. The number of fused-ring (bicyclic) bond motifs is 1. The summed E-state index contributed by atoms with van der Waals surface area (Å²) in [6.07, 6.45) is 0. The number of furan rings is 1. The summed E-state index contributed by atoms with van der Waals surface area (Å²) in [5.74, 6) is 1.68. The zero-order valence-electron chi connectivity index (χ0n) is 15.7. The molecule has 1 fully saturated rings. The van der Waals surface area contributed by atoms with Crippen molar-refractivity contribution in [1.29, 1.82) is 0 Å². The molecule has 7 heteroatoms. The molecule has 26 heavy (non-hydrogen) atoms. The number of aliphatic imine (C=N–C) groups is 1. The van der Waals surface area contributed by atoms with Crippen molar-refractivity contribution in [1.82, 2.24) is 15.5 Å². The van der Waals surface area contributed by atoms with Gasteiger partial charge in [-0.2, -0.15) is 0 Å². The van der Waals surface area contributed by atoms with Gasteiger partial charge in [0.15, 0.2) is 5.96 Å². The number of para-hydroxylation sites is 1. The largest absolute Gasteiger partial charge is 0.459 e. The second-order valence-corrected chi connectivity index (χ2v) is 6.94. The van der Waals surface area contributed by atoms with Gasteiger partial charge in [-0.15, -0.1) is 24.0 Å². The number of halogens is 1. The Morgan fingerprint density at radius 3 is 2.62 bits per heavy atom. The van der Waals surface area contributed by atoms with E-state index < -0.39 is 0 Å². The lowest BCUT2D eigenvalue weighted by Gasteiger charge is -2.41. The van der Waals surface area contributed by atoms with Crippen LogP contribution in [0.1, 0.15) is 19.6 Å². The predicted molar refractivity (Wildman–Crippen MR) is 116 cm³/mol. The molecule has 0 unspecified atom stereocenters. The minimum Gasteiger partial charge on any atom is -0.459 e. The molecule has 2 N–H and O–H groups in total. The van der Waals surface area contributed by atoms with Gasteiger partial charge >= 0.3 is 0 Å². The molecule has 0 bridgehead atoms. The third-order valence-electron chi connectivity index (χ3n) is 4.69. The van der Waals surface area contributed by atoms with Crippen LogP contribution < -0.4 is 10.6 Å². The fourth-order valence-corrected chi connectivity index (χ4v) is 3.10. The van der Waals surface area contributed by atoms with Crippen LogP contribution in [-0.2, 0) is 11.3 Å². The van der Waals surface area contributed by atoms with E-state index in [0.717, 1.165) is 55.5 Å². The summed E-state index contributed by atoms with van der Waals surface area (Å²) in [6.45, 7) is 9.47. The van der Waals surface area contributed by atoms with Crippen LogP contribution >= 0.6 is 24.0 Å². The van der Waals surface area contributed by atoms with Gasteiger partial charge in [0.2, 0.25) is 0 Å². The quantitative estimate of drug-likeness (QED) is 0.398. The Kier molecular flexibility index (Phi) is 7.72. The summed E-state index contributed by atoms with van der Waals surface area (Å²) >= 11 is 0. The van der Waals surface area contributed by atoms with Gasteiger partial charge in [-0.3, -0.25) is 9.89 Å². The summed E-state index contributed by atoms with van der Waals surface area (Å²) in [4.78, 5) is 6.77. The molecular formula is C19H29IN4O2. The number of rotatable bonds is 5. The molecule has 2 aromatic rings. The zero-order valence-corrected chi connectivity index (χ0v) is 18.1. The molecule has 1 aliphatic heterocycles. The lowest BCUT2D eigenvalue weighted by atomic mass is 10.0. The molecule has 2 heterocycles. The monoisotopic (exact) mass is 472 g/mol. The SMILES string of the molecule is CN=C(NCc1cc2ccccc2o1)NCC(C)(C)N1CCOCC1.I. The average Bonchev–Trinajstić information content (AvgIpc) is 3.05. The molecule has 1 aromatic carbocycles. The lowest BCUT2D eigenvalue weighted by molar-refractivity contribution is -0.00834. The first-order valence-corrected chi connectivity index (χ1v) is 8.83. The number of hydrogen-bond donors (Lipinski definition) is 2. The summed E-state index contributed by atoms with van der Waals surface area (Å²) in [5, 5.41) is 7.87. The minimum atomic E-state index is 0. The van der Waals surface area contributed by atoms with Gasteiger partial charge in [0, 0.05) is 37.6 Å². The second kappa shape index (κ2) is 9.57. The van der Waals surface area contributed by atoms with Crippen LogP contribution in [0, 0.1) is 0 Å². The van der Waals surface area contributed by atoms with E-state index in [1.807, 2.05) is 18.2 Å². The Hall–Kier alpha value is -1.32. The molecule has 0 atom stereocenters. The molecule has 0 amide bonds. The highest BCUT2D eigenvalue weighted by Crippen LogP contribution is 2.18. The predicted octanol–water partition coefficient (Wildman–Crippen LogP) is 2.83. The van der Waals surface area contributed by atoms with E-state index in [4.69, 9.17) is 9.15 Å². The molecule has 1 aromatic heterocycles. The molecule has 3 rings (SSSR count). The van der Waals surface area contributed by atoms with Gasteiger partial charge in [-0.1, -0.05) is 18.2 Å². The van der Waals surface area contributed by atoms with Crippen LogP contribution in [-0.4, -0.2) is 56.3 Å². The van der Waals surface area contributed by atoms with Crippen LogP contribution in [0.25, 0.3) is 11.0 Å². The van der Waals surface area contributed by atoms with Gasteiger partial charge in [-0.25, -0.2) is 0 Å². The summed E-state index contributed by atoms with van der Waals surface area (Å²) < 4.78 is 11.3. The molecule has 144 valence electrons. The Morgan fingerprint density at radius 1 is 1.19 bits per heavy atom.